The molecule has 0 heterocycles. The monoisotopic (exact) mass is 408 g/mol. The van der Waals surface area contributed by atoms with E-state index in [9.17, 15) is 5.11 Å². The molecule has 1 aromatic carbocycles. The Morgan fingerprint density at radius 3 is 2.70 bits per heavy atom. The molecule has 0 spiro atoms. The number of aryl methyl sites for hydroxylation is 1. The first-order valence-corrected chi connectivity index (χ1v) is 6.92. The normalized spacial score (nSPS) is 17.1. The number of phenols is 1. The molecule has 3 N–H and O–H groups in total. The average molecular weight is 410 g/mol. The highest BCUT2D eigenvalue weighted by atomic mass is 79.9. The fraction of sp³-hybridized carbons (Fsp3) is 0.600. The third-order valence-corrected chi connectivity index (χ3v) is 3.98. The predicted octanol–water partition coefficient (Wildman–Crippen LogP) is 3.08. The summed E-state index contributed by atoms with van der Waals surface area (Å²) >= 11 is 0. The van der Waals surface area contributed by atoms with Crippen LogP contribution >= 0.6 is 34.0 Å². The highest BCUT2D eigenvalue weighted by Crippen LogP contribution is 2.27. The minimum atomic E-state index is 0. The van der Waals surface area contributed by atoms with Crippen LogP contribution in [0.15, 0.2) is 18.2 Å². The molecule has 3 nitrogen and oxygen atoms in total. The maximum atomic E-state index is 9.56. The summed E-state index contributed by atoms with van der Waals surface area (Å²) < 4.78 is 0. The molecule has 2 rings (SSSR count). The molecule has 1 unspecified atom stereocenters. The molecule has 0 saturated carbocycles. The van der Waals surface area contributed by atoms with Gasteiger partial charge in [-0.05, 0) is 75.5 Å². The smallest absolute Gasteiger partial charge is 0.115 e. The van der Waals surface area contributed by atoms with Crippen molar-refractivity contribution in [1.29, 1.82) is 0 Å². The van der Waals surface area contributed by atoms with Gasteiger partial charge in [0.25, 0.3) is 0 Å². The van der Waals surface area contributed by atoms with Crippen LogP contribution in [0.2, 0.25) is 0 Å². The van der Waals surface area contributed by atoms with Crippen molar-refractivity contribution in [2.75, 3.05) is 20.1 Å². The molecule has 116 valence electrons. The Hall–Kier alpha value is -0.100. The van der Waals surface area contributed by atoms with Crippen LogP contribution < -0.4 is 5.73 Å². The van der Waals surface area contributed by atoms with Crippen LogP contribution in [0.3, 0.4) is 0 Å². The highest BCUT2D eigenvalue weighted by Gasteiger charge is 2.21. The Bertz CT molecular complexity index is 401. The molecule has 20 heavy (non-hydrogen) atoms. The maximum Gasteiger partial charge on any atom is 0.115 e. The lowest BCUT2D eigenvalue weighted by Gasteiger charge is -2.32. The van der Waals surface area contributed by atoms with Crippen molar-refractivity contribution in [3.63, 3.8) is 0 Å². The molecule has 1 aliphatic rings. The maximum absolute atomic E-state index is 9.56. The summed E-state index contributed by atoms with van der Waals surface area (Å²) in [6.07, 6.45) is 5.69. The summed E-state index contributed by atoms with van der Waals surface area (Å²) in [5.74, 6) is 0.389. The molecule has 0 bridgehead atoms. The molecule has 0 aromatic heterocycles. The number of nitrogens with zero attached hydrogens (tertiary/aromatic N) is 1. The number of aromatic hydroxyl groups is 1. The number of rotatable bonds is 5. The van der Waals surface area contributed by atoms with E-state index in [1.165, 1.54) is 24.0 Å². The van der Waals surface area contributed by atoms with Crippen molar-refractivity contribution in [3.8, 4) is 5.75 Å². The molecular formula is C15H26Br2N2O. The summed E-state index contributed by atoms with van der Waals surface area (Å²) in [5, 5.41) is 9.56. The minimum absolute atomic E-state index is 0. The van der Waals surface area contributed by atoms with Crippen molar-refractivity contribution in [2.45, 2.75) is 38.1 Å². The second kappa shape index (κ2) is 9.77. The van der Waals surface area contributed by atoms with Crippen LogP contribution in [0, 0.1) is 0 Å². The van der Waals surface area contributed by atoms with Gasteiger partial charge in [0.15, 0.2) is 0 Å². The molecule has 0 aliphatic heterocycles. The quantitative estimate of drug-likeness (QED) is 0.734. The summed E-state index contributed by atoms with van der Waals surface area (Å²) in [4.78, 5) is 2.45. The van der Waals surface area contributed by atoms with E-state index in [1.54, 1.807) is 6.07 Å². The second-order valence-electron chi connectivity index (χ2n) is 5.33. The van der Waals surface area contributed by atoms with Crippen LogP contribution in [0.5, 0.6) is 5.75 Å². The van der Waals surface area contributed by atoms with Gasteiger partial charge in [0, 0.05) is 6.04 Å². The Kier molecular flexibility index (Phi) is 9.72. The zero-order valence-electron chi connectivity index (χ0n) is 12.0. The van der Waals surface area contributed by atoms with E-state index in [-0.39, 0.29) is 34.0 Å². The Labute approximate surface area is 143 Å². The Morgan fingerprint density at radius 1 is 1.25 bits per heavy atom. The van der Waals surface area contributed by atoms with Gasteiger partial charge >= 0.3 is 0 Å². The standard InChI is InChI=1S/C15H24N2O.2BrH/c1-17(9-3-2-8-16)14-6-4-12-5-7-15(18)11-13(12)10-14;;/h5,7,11,14,18H,2-4,6,8-10,16H2,1H3;2*1H. The summed E-state index contributed by atoms with van der Waals surface area (Å²) in [6.45, 7) is 1.91. The molecule has 5 heteroatoms. The summed E-state index contributed by atoms with van der Waals surface area (Å²) in [5.41, 5.74) is 8.25. The van der Waals surface area contributed by atoms with Crippen LogP contribution in [0.4, 0.5) is 0 Å². The minimum Gasteiger partial charge on any atom is -0.508 e. The first kappa shape index (κ1) is 19.9. The van der Waals surface area contributed by atoms with Gasteiger partial charge in [0.05, 0.1) is 0 Å². The number of unbranched alkanes of at least 4 members (excludes halogenated alkanes) is 1. The summed E-state index contributed by atoms with van der Waals surface area (Å²) in [6, 6.07) is 6.39. The Balaban J connectivity index is 0.00000180. The van der Waals surface area contributed by atoms with E-state index in [0.29, 0.717) is 11.8 Å². The van der Waals surface area contributed by atoms with Gasteiger partial charge in [0.2, 0.25) is 0 Å². The van der Waals surface area contributed by atoms with Gasteiger partial charge in [-0.25, -0.2) is 0 Å². The molecule has 0 amide bonds. The number of benzene rings is 1. The van der Waals surface area contributed by atoms with Gasteiger partial charge in [-0.3, -0.25) is 0 Å². The largest absolute Gasteiger partial charge is 0.508 e. The first-order chi connectivity index (χ1) is 8.70. The number of nitrogens with two attached hydrogens (primary N) is 1. The van der Waals surface area contributed by atoms with Crippen molar-refractivity contribution in [1.82, 2.24) is 4.90 Å². The predicted molar refractivity (Wildman–Crippen MR) is 95.5 cm³/mol. The third-order valence-electron chi connectivity index (χ3n) is 3.98. The lowest BCUT2D eigenvalue weighted by molar-refractivity contribution is 0.218. The zero-order valence-corrected chi connectivity index (χ0v) is 15.5. The van der Waals surface area contributed by atoms with Crippen LogP contribution in [-0.2, 0) is 12.8 Å². The number of fused-ring (bicyclic) bond motifs is 1. The van der Waals surface area contributed by atoms with Gasteiger partial charge in [-0.2, -0.15) is 0 Å². The SMILES string of the molecule is Br.Br.CN(CCCCN)C1CCc2ccc(O)cc2C1. The Morgan fingerprint density at radius 2 is 2.00 bits per heavy atom. The number of hydrogen-bond acceptors (Lipinski definition) is 3. The number of hydrogen-bond donors (Lipinski definition) is 2. The van der Waals surface area contributed by atoms with E-state index < -0.39 is 0 Å². The van der Waals surface area contributed by atoms with Crippen molar-refractivity contribution in [3.05, 3.63) is 29.3 Å². The van der Waals surface area contributed by atoms with Crippen LogP contribution in [-0.4, -0.2) is 36.2 Å². The van der Waals surface area contributed by atoms with Crippen molar-refractivity contribution >= 4 is 34.0 Å². The fourth-order valence-electron chi connectivity index (χ4n) is 2.79. The zero-order chi connectivity index (χ0) is 13.0. The average Bonchev–Trinajstić information content (AvgIpc) is 2.38. The third kappa shape index (κ3) is 5.35. The van der Waals surface area contributed by atoms with E-state index in [2.05, 4.69) is 18.0 Å². The van der Waals surface area contributed by atoms with Gasteiger partial charge in [-0.1, -0.05) is 6.07 Å². The highest BCUT2D eigenvalue weighted by molar-refractivity contribution is 8.93. The topological polar surface area (TPSA) is 49.5 Å². The van der Waals surface area contributed by atoms with Crippen molar-refractivity contribution < 1.29 is 5.11 Å². The first-order valence-electron chi connectivity index (χ1n) is 6.92. The lowest BCUT2D eigenvalue weighted by Crippen LogP contribution is -2.37. The number of halogens is 2. The van der Waals surface area contributed by atoms with E-state index in [4.69, 9.17) is 5.73 Å². The summed E-state index contributed by atoms with van der Waals surface area (Å²) in [7, 11) is 2.20. The lowest BCUT2D eigenvalue weighted by atomic mass is 9.87. The molecule has 1 atom stereocenters. The fourth-order valence-corrected chi connectivity index (χ4v) is 2.79. The van der Waals surface area contributed by atoms with Crippen molar-refractivity contribution in [2.24, 2.45) is 5.73 Å². The van der Waals surface area contributed by atoms with Gasteiger partial charge in [-0.15, -0.1) is 34.0 Å². The van der Waals surface area contributed by atoms with Gasteiger partial charge < -0.3 is 15.7 Å². The molecule has 0 radical (unpaired) electrons. The number of phenolic OH excluding ortho intramolecular Hbond substituents is 1. The van der Waals surface area contributed by atoms with E-state index >= 15 is 0 Å². The molecule has 1 aliphatic carbocycles. The van der Waals surface area contributed by atoms with Crippen LogP contribution in [0.25, 0.3) is 0 Å². The van der Waals surface area contributed by atoms with Crippen LogP contribution in [0.1, 0.15) is 30.4 Å². The molecule has 1 aromatic rings. The van der Waals surface area contributed by atoms with E-state index in [1.807, 2.05) is 6.07 Å². The van der Waals surface area contributed by atoms with E-state index in [0.717, 1.165) is 32.4 Å². The molecule has 0 saturated heterocycles. The second-order valence-corrected chi connectivity index (χ2v) is 5.33. The molecular weight excluding hydrogens is 384 g/mol. The molecule has 0 fully saturated rings. The van der Waals surface area contributed by atoms with Gasteiger partial charge in [0.1, 0.15) is 5.75 Å². The number of likely N-dealkylation sites (N-methyl/N-ethyl adjacent to an activating group) is 1.